The molecule has 0 aliphatic heterocycles. The molecule has 52 heavy (non-hydrogen) atoms. The average molecular weight is 744 g/mol. The number of hydrogen-bond donors (Lipinski definition) is 5. The van der Waals surface area contributed by atoms with Crippen molar-refractivity contribution in [1.82, 2.24) is 0 Å². The van der Waals surface area contributed by atoms with Crippen LogP contribution in [0.3, 0.4) is 0 Å². The second kappa shape index (κ2) is 23.0. The quantitative estimate of drug-likeness (QED) is 0.106. The van der Waals surface area contributed by atoms with Crippen LogP contribution >= 0.6 is 23.2 Å². The summed E-state index contributed by atoms with van der Waals surface area (Å²) in [5.74, 6) is -0.148. The Balaban J connectivity index is 0.000000289. The lowest BCUT2D eigenvalue weighted by Gasteiger charge is -2.17. The number of hydrogen-bond acceptors (Lipinski definition) is 9. The maximum Gasteiger partial charge on any atom is 0.488 e. The first-order valence-corrected chi connectivity index (χ1v) is 16.5. The predicted molar refractivity (Wildman–Crippen MR) is 212 cm³/mol. The van der Waals surface area contributed by atoms with Crippen molar-refractivity contribution in [3.8, 4) is 0 Å². The molecule has 0 aliphatic rings. The number of halogens is 2. The van der Waals surface area contributed by atoms with E-state index in [1.54, 1.807) is 31.0 Å². The lowest BCUT2D eigenvalue weighted by molar-refractivity contribution is 0.0991. The summed E-state index contributed by atoms with van der Waals surface area (Å²) in [6, 6.07) is 37.2. The smallest absolute Gasteiger partial charge is 0.443 e. The van der Waals surface area contributed by atoms with Gasteiger partial charge in [-0.3, -0.25) is 14.4 Å². The summed E-state index contributed by atoms with van der Waals surface area (Å²) in [6.45, 7) is 2.29. The van der Waals surface area contributed by atoms with E-state index in [2.05, 4.69) is 5.32 Å². The van der Waals surface area contributed by atoms with Gasteiger partial charge in [-0.2, -0.15) is 0 Å². The van der Waals surface area contributed by atoms with Gasteiger partial charge in [0.2, 0.25) is 0 Å². The van der Waals surface area contributed by atoms with Crippen LogP contribution in [0.2, 0.25) is 0 Å². The van der Waals surface area contributed by atoms with Gasteiger partial charge < -0.3 is 34.9 Å². The van der Waals surface area contributed by atoms with Crippen LogP contribution in [0.25, 0.3) is 0 Å². The first-order chi connectivity index (χ1) is 25.3. The van der Waals surface area contributed by atoms with Gasteiger partial charge in [-0.1, -0.05) is 111 Å². The molecule has 268 valence electrons. The van der Waals surface area contributed by atoms with Crippen LogP contribution in [-0.2, 0) is 4.57 Å². The molecule has 0 bridgehead atoms. The molecule has 0 heterocycles. The number of carbonyl (C=O) groups is 3. The summed E-state index contributed by atoms with van der Waals surface area (Å²) in [7, 11) is -0.712. The second-order valence-corrected chi connectivity index (χ2v) is 11.1. The van der Waals surface area contributed by atoms with Gasteiger partial charge in [-0.05, 0) is 76.0 Å². The number of amides is 1. The Hall–Kier alpha value is -4.72. The second-order valence-electron chi connectivity index (χ2n) is 10.4. The van der Waals surface area contributed by atoms with E-state index in [1.165, 1.54) is 60.7 Å². The van der Waals surface area contributed by atoms with Crippen LogP contribution < -0.4 is 26.6 Å². The standard InChI is InChI=1S/C14H10B2Cl2O5.C14H14BNO3.C7H9N.C2H6/c17-13(19)9-1-5-11(6-2-9)15(21)23-16(22)12-7-3-10(4-8-12)14(18)20;1-16(13-5-3-2-4-6-13)14(17)11-7-9-12(10-8-11)15(18)19;1-8-7-5-3-2-4-6-7;1-2/h1-8,21-22H;2-10,18-19H,1H3;2-6,8H,1H3;1-2H3/i;;;1D. The molecular formula is C37H39B3Cl2N2O8. The number of anilines is 2. The topological polar surface area (TPSA) is 157 Å². The normalized spacial score (nSPS) is 9.90. The highest BCUT2D eigenvalue weighted by atomic mass is 35.5. The number of nitrogens with one attached hydrogen (secondary N) is 1. The summed E-state index contributed by atoms with van der Waals surface area (Å²) in [5.41, 5.74) is 4.08. The molecule has 10 nitrogen and oxygen atoms in total. The fourth-order valence-corrected chi connectivity index (χ4v) is 4.45. The lowest BCUT2D eigenvalue weighted by atomic mass is 9.71. The molecule has 0 aromatic heterocycles. The first kappa shape index (κ1) is 41.7. The van der Waals surface area contributed by atoms with Crippen LogP contribution in [0.15, 0.2) is 133 Å². The molecule has 1 amide bonds. The van der Waals surface area contributed by atoms with Crippen LogP contribution in [0, 0.1) is 0 Å². The van der Waals surface area contributed by atoms with Crippen molar-refractivity contribution in [3.63, 3.8) is 0 Å². The highest BCUT2D eigenvalue weighted by molar-refractivity contribution is 6.73. The number of carbonyl (C=O) groups excluding carboxylic acids is 3. The fourth-order valence-electron chi connectivity index (χ4n) is 4.20. The molecule has 5 N–H and O–H groups in total. The predicted octanol–water partition coefficient (Wildman–Crippen LogP) is 3.93. The molecule has 0 fully saturated rings. The van der Waals surface area contributed by atoms with E-state index in [-0.39, 0.29) is 17.0 Å². The number of benzene rings is 5. The Morgan fingerprint density at radius 2 is 1.00 bits per heavy atom. The lowest BCUT2D eigenvalue weighted by Crippen LogP contribution is -2.45. The van der Waals surface area contributed by atoms with E-state index in [9.17, 15) is 24.4 Å². The number of nitrogens with zero attached hydrogens (tertiary/aromatic N) is 1. The highest BCUT2D eigenvalue weighted by Crippen LogP contribution is 2.14. The number of rotatable bonds is 10. The van der Waals surface area contributed by atoms with Crippen LogP contribution in [0.4, 0.5) is 11.4 Å². The van der Waals surface area contributed by atoms with Gasteiger partial charge in [0, 0.05) is 43.5 Å². The van der Waals surface area contributed by atoms with E-state index in [4.69, 9.17) is 39.2 Å². The molecule has 0 aliphatic carbocycles. The Kier molecular flexibility index (Phi) is 18.4. The molecular weight excluding hydrogens is 704 g/mol. The largest absolute Gasteiger partial charge is 0.488 e. The van der Waals surface area contributed by atoms with Crippen LogP contribution in [-0.4, -0.2) is 71.9 Å². The summed E-state index contributed by atoms with van der Waals surface area (Å²) in [5, 5.41) is 39.7. The van der Waals surface area contributed by atoms with E-state index in [1.807, 2.05) is 67.7 Å². The SMILES string of the molecule is CN(C(=O)c1ccc(B(O)O)cc1)c1ccccc1.CNc1ccccc1.O=C(Cl)c1ccc(B(O)OB(O)c2ccc(C(=O)Cl)cc2)cc1.[2H]CC. The van der Waals surface area contributed by atoms with Crippen molar-refractivity contribution < 1.29 is 40.4 Å². The van der Waals surface area contributed by atoms with Crippen molar-refractivity contribution in [2.24, 2.45) is 0 Å². The Morgan fingerprint density at radius 1 is 0.635 bits per heavy atom. The van der Waals surface area contributed by atoms with E-state index < -0.39 is 31.8 Å². The third kappa shape index (κ3) is 14.1. The van der Waals surface area contributed by atoms with Gasteiger partial charge >= 0.3 is 21.4 Å². The minimum absolute atomic E-state index is 0.148. The monoisotopic (exact) mass is 743 g/mol. The summed E-state index contributed by atoms with van der Waals surface area (Å²) in [4.78, 5) is 35.7. The third-order valence-corrected chi connectivity index (χ3v) is 7.51. The molecule has 0 spiro atoms. The molecule has 15 heteroatoms. The van der Waals surface area contributed by atoms with Gasteiger partial charge in [0.25, 0.3) is 16.4 Å². The zero-order valence-electron chi connectivity index (χ0n) is 29.8. The van der Waals surface area contributed by atoms with Gasteiger partial charge in [0.15, 0.2) is 0 Å². The average Bonchev–Trinajstić information content (AvgIpc) is 3.18. The molecule has 0 saturated carbocycles. The van der Waals surface area contributed by atoms with Crippen molar-refractivity contribution in [2.75, 3.05) is 24.3 Å². The van der Waals surface area contributed by atoms with E-state index in [0.29, 0.717) is 28.9 Å². The first-order valence-electron chi connectivity index (χ1n) is 16.5. The fraction of sp³-hybridized carbons (Fsp3) is 0.108. The summed E-state index contributed by atoms with van der Waals surface area (Å²) in [6.07, 6.45) is 0. The maximum atomic E-state index is 12.2. The van der Waals surface area contributed by atoms with Crippen molar-refractivity contribution >= 4 is 88.7 Å². The van der Waals surface area contributed by atoms with Crippen LogP contribution in [0.5, 0.6) is 0 Å². The zero-order chi connectivity index (χ0) is 39.3. The minimum atomic E-state index is -1.52. The van der Waals surface area contributed by atoms with Gasteiger partial charge in [0.05, 0.1) is 0 Å². The molecule has 0 unspecified atom stereocenters. The molecule has 5 rings (SSSR count). The maximum absolute atomic E-state index is 12.2. The molecule has 0 saturated heterocycles. The highest BCUT2D eigenvalue weighted by Gasteiger charge is 2.26. The van der Waals surface area contributed by atoms with E-state index >= 15 is 0 Å². The summed E-state index contributed by atoms with van der Waals surface area (Å²) >= 11 is 10.7. The van der Waals surface area contributed by atoms with Gasteiger partial charge in [-0.25, -0.2) is 0 Å². The molecule has 0 radical (unpaired) electrons. The molecule has 5 aromatic rings. The van der Waals surface area contributed by atoms with Crippen molar-refractivity contribution in [3.05, 3.63) is 150 Å². The minimum Gasteiger partial charge on any atom is -0.443 e. The summed E-state index contributed by atoms with van der Waals surface area (Å²) < 4.78 is 11.3. The Bertz CT molecular complexity index is 1770. The van der Waals surface area contributed by atoms with Gasteiger partial charge in [-0.15, -0.1) is 0 Å². The van der Waals surface area contributed by atoms with E-state index in [0.717, 1.165) is 11.4 Å². The Morgan fingerprint density at radius 3 is 1.35 bits per heavy atom. The Labute approximate surface area is 316 Å². The molecule has 0 atom stereocenters. The third-order valence-electron chi connectivity index (χ3n) is 7.07. The van der Waals surface area contributed by atoms with Crippen molar-refractivity contribution in [2.45, 2.75) is 13.8 Å². The zero-order valence-corrected chi connectivity index (χ0v) is 30.3. The molecule has 5 aromatic carbocycles. The van der Waals surface area contributed by atoms with Crippen molar-refractivity contribution in [1.29, 1.82) is 0 Å². The number of para-hydroxylation sites is 2. The van der Waals surface area contributed by atoms with Gasteiger partial charge in [0.1, 0.15) is 0 Å². The van der Waals surface area contributed by atoms with Crippen LogP contribution in [0.1, 0.15) is 46.3 Å².